The van der Waals surface area contributed by atoms with Crippen LogP contribution in [0.2, 0.25) is 0 Å². The van der Waals surface area contributed by atoms with Gasteiger partial charge >= 0.3 is 0 Å². The minimum atomic E-state index is -0.516. The van der Waals surface area contributed by atoms with Crippen LogP contribution in [0.15, 0.2) is 42.5 Å². The number of nitrogens with one attached hydrogen (secondary N) is 1. The first-order chi connectivity index (χ1) is 13.0. The van der Waals surface area contributed by atoms with E-state index < -0.39 is 6.10 Å². The lowest BCUT2D eigenvalue weighted by Crippen LogP contribution is -2.32. The quantitative estimate of drug-likeness (QED) is 0.736. The van der Waals surface area contributed by atoms with E-state index in [-0.39, 0.29) is 12.0 Å². The van der Waals surface area contributed by atoms with Crippen molar-refractivity contribution in [1.82, 2.24) is 0 Å². The number of carbonyl (C=O) groups is 1. The number of anilines is 1. The zero-order valence-corrected chi connectivity index (χ0v) is 16.5. The van der Waals surface area contributed by atoms with E-state index in [2.05, 4.69) is 17.4 Å². The molecule has 1 amide bonds. The SMILES string of the molecule is CC[C@@H](Oc1ccc2c(c1)CCCC2)C(=O)Nc1ccc(OC(C)C)cc1. The molecule has 0 aromatic heterocycles. The summed E-state index contributed by atoms with van der Waals surface area (Å²) in [5.41, 5.74) is 3.51. The maximum absolute atomic E-state index is 12.6. The van der Waals surface area contributed by atoms with E-state index in [1.165, 1.54) is 24.0 Å². The second kappa shape index (κ2) is 8.94. The van der Waals surface area contributed by atoms with Gasteiger partial charge in [-0.15, -0.1) is 0 Å². The molecule has 0 saturated heterocycles. The van der Waals surface area contributed by atoms with Gasteiger partial charge in [0.2, 0.25) is 0 Å². The van der Waals surface area contributed by atoms with Crippen molar-refractivity contribution in [3.63, 3.8) is 0 Å². The molecule has 27 heavy (non-hydrogen) atoms. The second-order valence-electron chi connectivity index (χ2n) is 7.33. The van der Waals surface area contributed by atoms with Crippen LogP contribution in [0.1, 0.15) is 51.2 Å². The lowest BCUT2D eigenvalue weighted by atomic mass is 9.92. The van der Waals surface area contributed by atoms with E-state index >= 15 is 0 Å². The van der Waals surface area contributed by atoms with Gasteiger partial charge in [-0.2, -0.15) is 0 Å². The molecule has 0 fully saturated rings. The van der Waals surface area contributed by atoms with Gasteiger partial charge in [0.1, 0.15) is 11.5 Å². The summed E-state index contributed by atoms with van der Waals surface area (Å²) in [4.78, 5) is 12.6. The summed E-state index contributed by atoms with van der Waals surface area (Å²) in [7, 11) is 0. The molecule has 0 radical (unpaired) electrons. The molecule has 0 bridgehead atoms. The highest BCUT2D eigenvalue weighted by Crippen LogP contribution is 2.26. The van der Waals surface area contributed by atoms with Crippen molar-refractivity contribution < 1.29 is 14.3 Å². The fourth-order valence-electron chi connectivity index (χ4n) is 3.38. The first-order valence-corrected chi connectivity index (χ1v) is 9.91. The molecular formula is C23H29NO3. The van der Waals surface area contributed by atoms with Crippen molar-refractivity contribution in [2.75, 3.05) is 5.32 Å². The number of amides is 1. The number of fused-ring (bicyclic) bond motifs is 1. The van der Waals surface area contributed by atoms with Gasteiger partial charge in [-0.1, -0.05) is 13.0 Å². The van der Waals surface area contributed by atoms with Crippen LogP contribution in [0, 0.1) is 0 Å². The fraction of sp³-hybridized carbons (Fsp3) is 0.435. The molecule has 0 aliphatic heterocycles. The Morgan fingerprint density at radius 3 is 2.30 bits per heavy atom. The Morgan fingerprint density at radius 1 is 0.963 bits per heavy atom. The molecule has 3 rings (SSSR count). The molecule has 0 saturated carbocycles. The van der Waals surface area contributed by atoms with Crippen molar-refractivity contribution in [1.29, 1.82) is 0 Å². The number of benzene rings is 2. The van der Waals surface area contributed by atoms with Crippen LogP contribution in [0.4, 0.5) is 5.69 Å². The van der Waals surface area contributed by atoms with Gasteiger partial charge in [0.05, 0.1) is 6.10 Å². The highest BCUT2D eigenvalue weighted by Gasteiger charge is 2.19. The van der Waals surface area contributed by atoms with Gasteiger partial charge in [0.15, 0.2) is 6.10 Å². The zero-order valence-electron chi connectivity index (χ0n) is 16.5. The first kappa shape index (κ1) is 19.3. The molecule has 2 aromatic carbocycles. The van der Waals surface area contributed by atoms with Crippen LogP contribution in [0.25, 0.3) is 0 Å². The van der Waals surface area contributed by atoms with E-state index in [0.29, 0.717) is 6.42 Å². The monoisotopic (exact) mass is 367 g/mol. The third-order valence-corrected chi connectivity index (χ3v) is 4.76. The average molecular weight is 367 g/mol. The van der Waals surface area contributed by atoms with Crippen LogP contribution < -0.4 is 14.8 Å². The van der Waals surface area contributed by atoms with E-state index in [9.17, 15) is 4.79 Å². The molecular weight excluding hydrogens is 338 g/mol. The molecule has 4 nitrogen and oxygen atoms in total. The molecule has 0 heterocycles. The molecule has 1 N–H and O–H groups in total. The maximum Gasteiger partial charge on any atom is 0.265 e. The summed E-state index contributed by atoms with van der Waals surface area (Å²) < 4.78 is 11.6. The minimum absolute atomic E-state index is 0.125. The molecule has 1 aliphatic rings. The van der Waals surface area contributed by atoms with Crippen LogP contribution in [0.5, 0.6) is 11.5 Å². The largest absolute Gasteiger partial charge is 0.491 e. The zero-order chi connectivity index (χ0) is 19.2. The van der Waals surface area contributed by atoms with Gasteiger partial charge in [0.25, 0.3) is 5.91 Å². The van der Waals surface area contributed by atoms with Crippen molar-refractivity contribution >= 4 is 11.6 Å². The average Bonchev–Trinajstić information content (AvgIpc) is 2.67. The minimum Gasteiger partial charge on any atom is -0.491 e. The molecule has 1 aliphatic carbocycles. The van der Waals surface area contributed by atoms with E-state index in [1.54, 1.807) is 0 Å². The Morgan fingerprint density at radius 2 is 1.63 bits per heavy atom. The van der Waals surface area contributed by atoms with Crippen molar-refractivity contribution in [3.05, 3.63) is 53.6 Å². The standard InChI is InChI=1S/C23H29NO3/c1-4-22(27-21-12-9-17-7-5-6-8-18(17)15-21)23(25)24-19-10-13-20(14-11-19)26-16(2)3/h9-16,22H,4-8H2,1-3H3,(H,24,25)/t22-/m1/s1. The van der Waals surface area contributed by atoms with Gasteiger partial charge in [-0.05, 0) is 93.5 Å². The molecule has 0 spiro atoms. The summed E-state index contributed by atoms with van der Waals surface area (Å²) in [6, 6.07) is 13.6. The van der Waals surface area contributed by atoms with E-state index in [4.69, 9.17) is 9.47 Å². The van der Waals surface area contributed by atoms with Crippen LogP contribution in [-0.2, 0) is 17.6 Å². The molecule has 4 heteroatoms. The highest BCUT2D eigenvalue weighted by molar-refractivity contribution is 5.94. The molecule has 0 unspecified atom stereocenters. The smallest absolute Gasteiger partial charge is 0.265 e. The number of carbonyl (C=O) groups excluding carboxylic acids is 1. The number of ether oxygens (including phenoxy) is 2. The molecule has 1 atom stereocenters. The topological polar surface area (TPSA) is 47.6 Å². The van der Waals surface area contributed by atoms with E-state index in [1.807, 2.05) is 51.1 Å². The van der Waals surface area contributed by atoms with Gasteiger partial charge in [0, 0.05) is 5.69 Å². The van der Waals surface area contributed by atoms with Gasteiger partial charge in [-0.3, -0.25) is 4.79 Å². The van der Waals surface area contributed by atoms with Gasteiger partial charge in [-0.25, -0.2) is 0 Å². The number of aryl methyl sites for hydroxylation is 2. The third-order valence-electron chi connectivity index (χ3n) is 4.76. The number of rotatable bonds is 7. The first-order valence-electron chi connectivity index (χ1n) is 9.91. The molecule has 2 aromatic rings. The Labute approximate surface area is 161 Å². The molecule has 144 valence electrons. The van der Waals surface area contributed by atoms with E-state index in [0.717, 1.165) is 30.0 Å². The van der Waals surface area contributed by atoms with Crippen molar-refractivity contribution in [2.24, 2.45) is 0 Å². The summed E-state index contributed by atoms with van der Waals surface area (Å²) >= 11 is 0. The van der Waals surface area contributed by atoms with Crippen LogP contribution >= 0.6 is 0 Å². The number of hydrogen-bond acceptors (Lipinski definition) is 3. The summed E-state index contributed by atoms with van der Waals surface area (Å²) in [5, 5.41) is 2.94. The lowest BCUT2D eigenvalue weighted by molar-refractivity contribution is -0.122. The van der Waals surface area contributed by atoms with Crippen LogP contribution in [0.3, 0.4) is 0 Å². The second-order valence-corrected chi connectivity index (χ2v) is 7.33. The highest BCUT2D eigenvalue weighted by atomic mass is 16.5. The Kier molecular flexibility index (Phi) is 6.38. The van der Waals surface area contributed by atoms with Crippen LogP contribution in [-0.4, -0.2) is 18.1 Å². The predicted molar refractivity (Wildman–Crippen MR) is 109 cm³/mol. The Bertz CT molecular complexity index is 768. The van der Waals surface area contributed by atoms with Crippen molar-refractivity contribution in [2.45, 2.75) is 65.1 Å². The third kappa shape index (κ3) is 5.25. The fourth-order valence-corrected chi connectivity index (χ4v) is 3.38. The van der Waals surface area contributed by atoms with Crippen molar-refractivity contribution in [3.8, 4) is 11.5 Å². The summed E-state index contributed by atoms with van der Waals surface area (Å²) in [6.45, 7) is 5.93. The Balaban J connectivity index is 1.62. The number of hydrogen-bond donors (Lipinski definition) is 1. The lowest BCUT2D eigenvalue weighted by Gasteiger charge is -2.20. The maximum atomic E-state index is 12.6. The Hall–Kier alpha value is -2.49. The normalized spacial score (nSPS) is 14.4. The summed E-state index contributed by atoms with van der Waals surface area (Å²) in [5.74, 6) is 1.44. The predicted octanol–water partition coefficient (Wildman–Crippen LogP) is 5.15. The van der Waals surface area contributed by atoms with Gasteiger partial charge < -0.3 is 14.8 Å². The summed E-state index contributed by atoms with van der Waals surface area (Å²) in [6.07, 6.45) is 4.94.